The van der Waals surface area contributed by atoms with Crippen LogP contribution < -0.4 is 0 Å². The quantitative estimate of drug-likeness (QED) is 0.637. The third-order valence-electron chi connectivity index (χ3n) is 3.23. The summed E-state index contributed by atoms with van der Waals surface area (Å²) < 4.78 is 5.80. The molecule has 3 aromatic rings. The second-order valence-electron chi connectivity index (χ2n) is 4.77. The highest BCUT2D eigenvalue weighted by molar-refractivity contribution is 7.13. The first kappa shape index (κ1) is 13.1. The molecule has 0 aliphatic carbocycles. The SMILES string of the molecule is CCCCc1csc(-c2cc3cc(C=O)ccc3o2)n1. The van der Waals surface area contributed by atoms with E-state index in [0.717, 1.165) is 46.6 Å². The Bertz CT molecular complexity index is 742. The molecule has 0 aliphatic heterocycles. The fourth-order valence-electron chi connectivity index (χ4n) is 2.13. The molecule has 0 unspecified atom stereocenters. The van der Waals surface area contributed by atoms with Crippen molar-refractivity contribution in [3.05, 3.63) is 40.9 Å². The number of aldehydes is 1. The smallest absolute Gasteiger partial charge is 0.164 e. The Kier molecular flexibility index (Phi) is 3.65. The van der Waals surface area contributed by atoms with E-state index in [9.17, 15) is 4.79 Å². The molecule has 2 aromatic heterocycles. The highest BCUT2D eigenvalue weighted by atomic mass is 32.1. The second-order valence-corrected chi connectivity index (χ2v) is 5.63. The van der Waals surface area contributed by atoms with Crippen LogP contribution in [0.25, 0.3) is 21.7 Å². The Morgan fingerprint density at radius 1 is 1.35 bits per heavy atom. The molecule has 0 saturated carbocycles. The van der Waals surface area contributed by atoms with Crippen LogP contribution in [-0.4, -0.2) is 11.3 Å². The molecular formula is C16H15NO2S. The summed E-state index contributed by atoms with van der Waals surface area (Å²) in [5.74, 6) is 0.774. The molecule has 0 radical (unpaired) electrons. The average Bonchev–Trinajstić information content (AvgIpc) is 3.10. The summed E-state index contributed by atoms with van der Waals surface area (Å²) in [6.07, 6.45) is 4.19. The molecule has 0 aliphatic rings. The summed E-state index contributed by atoms with van der Waals surface area (Å²) >= 11 is 1.60. The zero-order chi connectivity index (χ0) is 13.9. The Balaban J connectivity index is 1.93. The molecule has 20 heavy (non-hydrogen) atoms. The molecule has 0 fully saturated rings. The van der Waals surface area contributed by atoms with E-state index in [1.165, 1.54) is 6.42 Å². The van der Waals surface area contributed by atoms with Crippen molar-refractivity contribution in [1.29, 1.82) is 0 Å². The number of aromatic nitrogens is 1. The topological polar surface area (TPSA) is 43.1 Å². The van der Waals surface area contributed by atoms with Gasteiger partial charge in [0.15, 0.2) is 10.8 Å². The number of unbranched alkanes of at least 4 members (excludes halogenated alkanes) is 1. The van der Waals surface area contributed by atoms with Crippen molar-refractivity contribution in [1.82, 2.24) is 4.98 Å². The van der Waals surface area contributed by atoms with Gasteiger partial charge in [0, 0.05) is 16.3 Å². The molecule has 0 bridgehead atoms. The van der Waals surface area contributed by atoms with Crippen molar-refractivity contribution in [3.63, 3.8) is 0 Å². The van der Waals surface area contributed by atoms with Crippen LogP contribution in [0, 0.1) is 0 Å². The molecule has 0 spiro atoms. The Morgan fingerprint density at radius 2 is 2.25 bits per heavy atom. The first-order valence-corrected chi connectivity index (χ1v) is 7.61. The van der Waals surface area contributed by atoms with Crippen LogP contribution in [0.5, 0.6) is 0 Å². The number of nitrogens with zero attached hydrogens (tertiary/aromatic N) is 1. The van der Waals surface area contributed by atoms with Crippen LogP contribution in [0.2, 0.25) is 0 Å². The van der Waals surface area contributed by atoms with E-state index in [4.69, 9.17) is 4.42 Å². The number of rotatable bonds is 5. The number of hydrogen-bond acceptors (Lipinski definition) is 4. The van der Waals surface area contributed by atoms with E-state index in [1.807, 2.05) is 18.2 Å². The van der Waals surface area contributed by atoms with Crippen molar-refractivity contribution in [3.8, 4) is 10.8 Å². The molecule has 0 atom stereocenters. The van der Waals surface area contributed by atoms with Crippen LogP contribution >= 0.6 is 11.3 Å². The standard InChI is InChI=1S/C16H15NO2S/c1-2-3-4-13-10-20-16(17-13)15-8-12-7-11(9-18)5-6-14(12)19-15/h5-10H,2-4H2,1H3. The van der Waals surface area contributed by atoms with E-state index in [1.54, 1.807) is 17.4 Å². The maximum atomic E-state index is 10.8. The maximum Gasteiger partial charge on any atom is 0.164 e. The molecule has 1 aromatic carbocycles. The molecule has 4 heteroatoms. The highest BCUT2D eigenvalue weighted by Gasteiger charge is 2.10. The predicted molar refractivity (Wildman–Crippen MR) is 81.3 cm³/mol. The fraction of sp³-hybridized carbons (Fsp3) is 0.250. The zero-order valence-corrected chi connectivity index (χ0v) is 12.1. The molecular weight excluding hydrogens is 270 g/mol. The van der Waals surface area contributed by atoms with Gasteiger partial charge in [0.2, 0.25) is 0 Å². The Labute approximate surface area is 121 Å². The number of hydrogen-bond donors (Lipinski definition) is 0. The van der Waals surface area contributed by atoms with Crippen molar-refractivity contribution >= 4 is 28.6 Å². The van der Waals surface area contributed by atoms with Crippen molar-refractivity contribution < 1.29 is 9.21 Å². The van der Waals surface area contributed by atoms with Gasteiger partial charge in [0.1, 0.15) is 11.9 Å². The first-order valence-electron chi connectivity index (χ1n) is 6.73. The zero-order valence-electron chi connectivity index (χ0n) is 11.3. The van der Waals surface area contributed by atoms with Gasteiger partial charge in [-0.2, -0.15) is 0 Å². The number of fused-ring (bicyclic) bond motifs is 1. The number of carbonyl (C=O) groups is 1. The van der Waals surface area contributed by atoms with E-state index in [2.05, 4.69) is 17.3 Å². The average molecular weight is 285 g/mol. The van der Waals surface area contributed by atoms with Gasteiger partial charge in [-0.1, -0.05) is 13.3 Å². The molecule has 2 heterocycles. The van der Waals surface area contributed by atoms with Crippen LogP contribution in [0.15, 0.2) is 34.1 Å². The van der Waals surface area contributed by atoms with Gasteiger partial charge in [-0.3, -0.25) is 4.79 Å². The maximum absolute atomic E-state index is 10.8. The lowest BCUT2D eigenvalue weighted by Gasteiger charge is -1.91. The van der Waals surface area contributed by atoms with E-state index < -0.39 is 0 Å². The number of thiazole rings is 1. The summed E-state index contributed by atoms with van der Waals surface area (Å²) in [6, 6.07) is 7.37. The van der Waals surface area contributed by atoms with Gasteiger partial charge >= 0.3 is 0 Å². The number of carbonyl (C=O) groups excluding carboxylic acids is 1. The summed E-state index contributed by atoms with van der Waals surface area (Å²) in [4.78, 5) is 15.4. The minimum Gasteiger partial charge on any atom is -0.454 e. The van der Waals surface area contributed by atoms with Gasteiger partial charge in [-0.25, -0.2) is 4.98 Å². The van der Waals surface area contributed by atoms with Crippen LogP contribution in [-0.2, 0) is 6.42 Å². The Hall–Kier alpha value is -1.94. The lowest BCUT2D eigenvalue weighted by Crippen LogP contribution is -1.84. The monoisotopic (exact) mass is 285 g/mol. The predicted octanol–water partition coefficient (Wildman–Crippen LogP) is 4.71. The van der Waals surface area contributed by atoms with Gasteiger partial charge in [-0.15, -0.1) is 11.3 Å². The summed E-state index contributed by atoms with van der Waals surface area (Å²) in [6.45, 7) is 2.18. The lowest BCUT2D eigenvalue weighted by molar-refractivity contribution is 0.112. The normalized spacial score (nSPS) is 11.1. The second kappa shape index (κ2) is 5.59. The van der Waals surface area contributed by atoms with E-state index in [-0.39, 0.29) is 0 Å². The molecule has 0 N–H and O–H groups in total. The summed E-state index contributed by atoms with van der Waals surface area (Å²) in [5, 5.41) is 3.93. The molecule has 0 amide bonds. The largest absolute Gasteiger partial charge is 0.454 e. The molecule has 0 saturated heterocycles. The van der Waals surface area contributed by atoms with Crippen molar-refractivity contribution in [2.45, 2.75) is 26.2 Å². The summed E-state index contributed by atoms with van der Waals surface area (Å²) in [7, 11) is 0. The molecule has 3 nitrogen and oxygen atoms in total. The number of benzene rings is 1. The van der Waals surface area contributed by atoms with E-state index >= 15 is 0 Å². The van der Waals surface area contributed by atoms with Gasteiger partial charge in [0.05, 0.1) is 5.69 Å². The third-order valence-corrected chi connectivity index (χ3v) is 4.13. The van der Waals surface area contributed by atoms with Crippen LogP contribution in [0.4, 0.5) is 0 Å². The van der Waals surface area contributed by atoms with Gasteiger partial charge < -0.3 is 4.42 Å². The van der Waals surface area contributed by atoms with E-state index in [0.29, 0.717) is 5.56 Å². The highest BCUT2D eigenvalue weighted by Crippen LogP contribution is 2.30. The number of aryl methyl sites for hydroxylation is 1. The Morgan fingerprint density at radius 3 is 3.05 bits per heavy atom. The van der Waals surface area contributed by atoms with Gasteiger partial charge in [-0.05, 0) is 37.1 Å². The summed E-state index contributed by atoms with van der Waals surface area (Å²) in [5.41, 5.74) is 2.57. The fourth-order valence-corrected chi connectivity index (χ4v) is 2.94. The van der Waals surface area contributed by atoms with Crippen molar-refractivity contribution in [2.24, 2.45) is 0 Å². The number of furan rings is 1. The third kappa shape index (κ3) is 2.51. The minimum absolute atomic E-state index is 0.660. The molecule has 102 valence electrons. The molecule has 3 rings (SSSR count). The minimum atomic E-state index is 0.660. The van der Waals surface area contributed by atoms with Crippen LogP contribution in [0.1, 0.15) is 35.8 Å². The van der Waals surface area contributed by atoms with Gasteiger partial charge in [0.25, 0.3) is 0 Å². The lowest BCUT2D eigenvalue weighted by atomic mass is 10.2. The van der Waals surface area contributed by atoms with Crippen LogP contribution in [0.3, 0.4) is 0 Å². The van der Waals surface area contributed by atoms with Crippen molar-refractivity contribution in [2.75, 3.05) is 0 Å². The first-order chi connectivity index (χ1) is 9.80.